The molecule has 2 heterocycles. The minimum atomic E-state index is 0.631. The van der Waals surface area contributed by atoms with Crippen molar-refractivity contribution in [1.82, 2.24) is 10.2 Å². The predicted octanol–water partition coefficient (Wildman–Crippen LogP) is 2.02. The van der Waals surface area contributed by atoms with Crippen molar-refractivity contribution in [3.63, 3.8) is 0 Å². The molecule has 0 saturated heterocycles. The number of nitrogens with one attached hydrogen (secondary N) is 1. The van der Waals surface area contributed by atoms with Gasteiger partial charge in [-0.3, -0.25) is 5.10 Å². The van der Waals surface area contributed by atoms with E-state index < -0.39 is 0 Å². The fraction of sp³-hybridized carbons (Fsp3) is 0.167. The number of rotatable bonds is 2. The third-order valence-corrected chi connectivity index (χ3v) is 3.23. The van der Waals surface area contributed by atoms with Crippen LogP contribution in [0.5, 0.6) is 5.88 Å². The Hall–Kier alpha value is -0.550. The van der Waals surface area contributed by atoms with Gasteiger partial charge in [-0.2, -0.15) is 0 Å². The van der Waals surface area contributed by atoms with Crippen molar-refractivity contribution >= 4 is 21.6 Å². The summed E-state index contributed by atoms with van der Waals surface area (Å²) in [5, 5.41) is 7.49. The molecule has 1 aromatic heterocycles. The molecule has 0 saturated carbocycles. The average molecular weight is 186 g/mol. The first-order valence-corrected chi connectivity index (χ1v) is 5.44. The summed E-state index contributed by atoms with van der Waals surface area (Å²) in [5.41, 5.74) is 0. The van der Waals surface area contributed by atoms with Crippen molar-refractivity contribution in [3.05, 3.63) is 23.4 Å². The molecule has 0 spiro atoms. The van der Waals surface area contributed by atoms with E-state index in [-0.39, 0.29) is 0 Å². The maximum Gasteiger partial charge on any atom is 0.238 e. The Balaban J connectivity index is 2.00. The van der Waals surface area contributed by atoms with Crippen LogP contribution in [0.1, 0.15) is 0 Å². The van der Waals surface area contributed by atoms with Crippen molar-refractivity contribution in [2.24, 2.45) is 0 Å². The lowest BCUT2D eigenvalue weighted by molar-refractivity contribution is 0.446. The van der Waals surface area contributed by atoms with E-state index in [9.17, 15) is 0 Å². The van der Waals surface area contributed by atoms with E-state index in [1.165, 1.54) is 0 Å². The van der Waals surface area contributed by atoms with E-state index in [1.807, 2.05) is 6.08 Å². The normalized spacial score (nSPS) is 16.5. The van der Waals surface area contributed by atoms with Gasteiger partial charge in [0, 0.05) is 18.0 Å². The van der Waals surface area contributed by atoms with Gasteiger partial charge in [0.05, 0.1) is 0 Å². The average Bonchev–Trinajstić information content (AvgIpc) is 2.60. The van der Waals surface area contributed by atoms with Gasteiger partial charge in [-0.1, -0.05) is 10.8 Å². The summed E-state index contributed by atoms with van der Waals surface area (Å²) in [6.45, 7) is 0. The molecule has 2 rings (SSSR count). The summed E-state index contributed by atoms with van der Waals surface area (Å²) in [7, 11) is 3.41. The van der Waals surface area contributed by atoms with Crippen LogP contribution in [0, 0.1) is 0 Å². The number of ether oxygens (including phenoxy) is 1. The lowest BCUT2D eigenvalue weighted by Gasteiger charge is -1.98. The van der Waals surface area contributed by atoms with Crippen LogP contribution < -0.4 is 4.74 Å². The van der Waals surface area contributed by atoms with E-state index in [4.69, 9.17) is 4.74 Å². The van der Waals surface area contributed by atoms with Crippen LogP contribution >= 0.6 is 21.6 Å². The highest BCUT2D eigenvalue weighted by atomic mass is 33.1. The maximum atomic E-state index is 5.38. The van der Waals surface area contributed by atoms with Gasteiger partial charge in [0.2, 0.25) is 5.88 Å². The van der Waals surface area contributed by atoms with Crippen LogP contribution in [0.15, 0.2) is 23.4 Å². The van der Waals surface area contributed by atoms with Crippen molar-refractivity contribution in [3.8, 4) is 5.88 Å². The highest BCUT2D eigenvalue weighted by molar-refractivity contribution is 8.78. The summed E-state index contributed by atoms with van der Waals surface area (Å²) in [6.07, 6.45) is 3.78. The number of aromatic nitrogens is 2. The molecule has 0 aromatic carbocycles. The zero-order valence-electron chi connectivity index (χ0n) is 5.61. The summed E-state index contributed by atoms with van der Waals surface area (Å²) < 4.78 is 5.38. The summed E-state index contributed by atoms with van der Waals surface area (Å²) in [6, 6.07) is 1.80. The Morgan fingerprint density at radius 3 is 3.27 bits per heavy atom. The second-order valence-corrected chi connectivity index (χ2v) is 4.25. The highest BCUT2D eigenvalue weighted by Gasteiger charge is 2.08. The number of H-pyrrole nitrogens is 1. The van der Waals surface area contributed by atoms with Crippen LogP contribution in [0.25, 0.3) is 0 Å². The van der Waals surface area contributed by atoms with Crippen LogP contribution in [0.4, 0.5) is 0 Å². The molecule has 0 radical (unpaired) electrons. The maximum absolute atomic E-state index is 5.38. The first-order chi connectivity index (χ1) is 5.45. The van der Waals surface area contributed by atoms with Crippen molar-refractivity contribution in [2.75, 3.05) is 5.75 Å². The zero-order valence-corrected chi connectivity index (χ0v) is 7.24. The Morgan fingerprint density at radius 2 is 2.64 bits per heavy atom. The second kappa shape index (κ2) is 3.23. The van der Waals surface area contributed by atoms with Gasteiger partial charge < -0.3 is 4.74 Å². The minimum Gasteiger partial charge on any atom is -0.430 e. The molecule has 1 aromatic rings. The van der Waals surface area contributed by atoms with Crippen molar-refractivity contribution in [2.45, 2.75) is 0 Å². The molecule has 5 heteroatoms. The van der Waals surface area contributed by atoms with Gasteiger partial charge in [0.25, 0.3) is 0 Å². The fourth-order valence-corrected chi connectivity index (χ4v) is 2.54. The Labute approximate surface area is 72.0 Å². The molecule has 0 unspecified atom stereocenters. The number of hydrogen-bond acceptors (Lipinski definition) is 4. The molecule has 0 aliphatic carbocycles. The third-order valence-electron chi connectivity index (χ3n) is 1.14. The molecule has 3 nitrogen and oxygen atoms in total. The van der Waals surface area contributed by atoms with E-state index in [1.54, 1.807) is 33.9 Å². The lowest BCUT2D eigenvalue weighted by Crippen LogP contribution is -1.87. The van der Waals surface area contributed by atoms with Crippen LogP contribution in [0.3, 0.4) is 0 Å². The van der Waals surface area contributed by atoms with Crippen LogP contribution in [-0.4, -0.2) is 16.0 Å². The smallest absolute Gasteiger partial charge is 0.238 e. The molecular weight excluding hydrogens is 180 g/mol. The van der Waals surface area contributed by atoms with Crippen molar-refractivity contribution < 1.29 is 4.74 Å². The fourth-order valence-electron chi connectivity index (χ4n) is 0.693. The molecule has 0 atom stereocenters. The van der Waals surface area contributed by atoms with Gasteiger partial charge in [-0.05, 0) is 16.9 Å². The Bertz CT molecular complexity index is 258. The van der Waals surface area contributed by atoms with Crippen LogP contribution in [-0.2, 0) is 0 Å². The van der Waals surface area contributed by atoms with E-state index >= 15 is 0 Å². The van der Waals surface area contributed by atoms with E-state index in [2.05, 4.69) is 10.2 Å². The quantitative estimate of drug-likeness (QED) is 0.717. The predicted molar refractivity (Wildman–Crippen MR) is 47.3 cm³/mol. The lowest BCUT2D eigenvalue weighted by atomic mass is 10.7. The van der Waals surface area contributed by atoms with Gasteiger partial charge in [0.1, 0.15) is 0 Å². The molecule has 1 aliphatic heterocycles. The molecule has 11 heavy (non-hydrogen) atoms. The molecule has 0 amide bonds. The first-order valence-electron chi connectivity index (χ1n) is 3.12. The summed E-state index contributed by atoms with van der Waals surface area (Å²) in [5.74, 6) is 1.65. The third kappa shape index (κ3) is 1.72. The molecule has 0 fully saturated rings. The molecular formula is C6H6N2OS2. The molecule has 58 valence electrons. The largest absolute Gasteiger partial charge is 0.430 e. The Morgan fingerprint density at radius 1 is 1.64 bits per heavy atom. The zero-order chi connectivity index (χ0) is 7.52. The first kappa shape index (κ1) is 7.12. The minimum absolute atomic E-state index is 0.631. The number of aromatic amines is 1. The number of hydrogen-bond donors (Lipinski definition) is 1. The Kier molecular flexibility index (Phi) is 2.09. The van der Waals surface area contributed by atoms with Gasteiger partial charge in [0.15, 0.2) is 5.09 Å². The van der Waals surface area contributed by atoms with Crippen LogP contribution in [0.2, 0.25) is 0 Å². The van der Waals surface area contributed by atoms with E-state index in [0.717, 1.165) is 10.8 Å². The second-order valence-electron chi connectivity index (χ2n) is 1.91. The van der Waals surface area contributed by atoms with Gasteiger partial charge >= 0.3 is 0 Å². The van der Waals surface area contributed by atoms with Crippen molar-refractivity contribution in [1.29, 1.82) is 0 Å². The molecule has 0 bridgehead atoms. The molecule has 1 N–H and O–H groups in total. The SMILES string of the molecule is C1=C(Oc2cc[nH]n2)SSC1. The topological polar surface area (TPSA) is 37.9 Å². The van der Waals surface area contributed by atoms with Gasteiger partial charge in [-0.25, -0.2) is 0 Å². The molecule has 1 aliphatic rings. The number of nitrogens with zero attached hydrogens (tertiary/aromatic N) is 1. The standard InChI is InChI=1S/C6H6N2OS2/c1-3-7-8-5(1)9-6-2-4-10-11-6/h1-3H,4H2,(H,7,8). The van der Waals surface area contributed by atoms with E-state index in [0.29, 0.717) is 5.88 Å². The van der Waals surface area contributed by atoms with Gasteiger partial charge in [-0.15, -0.1) is 5.10 Å². The monoisotopic (exact) mass is 186 g/mol. The summed E-state index contributed by atoms with van der Waals surface area (Å²) in [4.78, 5) is 0. The highest BCUT2D eigenvalue weighted by Crippen LogP contribution is 2.37. The summed E-state index contributed by atoms with van der Waals surface area (Å²) >= 11 is 0.